The van der Waals surface area contributed by atoms with Crippen molar-refractivity contribution in [2.24, 2.45) is 0 Å². The van der Waals surface area contributed by atoms with Crippen LogP contribution in [-0.4, -0.2) is 41.5 Å². The van der Waals surface area contributed by atoms with Crippen molar-refractivity contribution in [2.45, 2.75) is 18.4 Å². The third-order valence-electron chi connectivity index (χ3n) is 4.18. The van der Waals surface area contributed by atoms with Crippen LogP contribution in [0.25, 0.3) is 16.8 Å². The lowest BCUT2D eigenvalue weighted by Gasteiger charge is -2.17. The van der Waals surface area contributed by atoms with Crippen molar-refractivity contribution in [1.29, 1.82) is 0 Å². The summed E-state index contributed by atoms with van der Waals surface area (Å²) in [6.07, 6.45) is 8.00. The molecule has 2 heterocycles. The second-order valence-electron chi connectivity index (χ2n) is 6.38. The number of hydrogen-bond donors (Lipinski definition) is 0. The maximum absolute atomic E-state index is 11.2. The molecule has 7 nitrogen and oxygen atoms in total. The fourth-order valence-corrected chi connectivity index (χ4v) is 3.39. The number of halogens is 1. The van der Waals surface area contributed by atoms with Crippen LogP contribution in [-0.2, 0) is 14.3 Å². The van der Waals surface area contributed by atoms with Gasteiger partial charge in [0.15, 0.2) is 5.65 Å². The van der Waals surface area contributed by atoms with Crippen molar-refractivity contribution < 1.29 is 17.3 Å². The van der Waals surface area contributed by atoms with Crippen molar-refractivity contribution in [2.75, 3.05) is 12.9 Å². The second kappa shape index (κ2) is 6.33. The van der Waals surface area contributed by atoms with Crippen LogP contribution in [0.15, 0.2) is 47.3 Å². The largest absolute Gasteiger partial charge is 0.485 e. The highest BCUT2D eigenvalue weighted by Crippen LogP contribution is 2.41. The highest BCUT2D eigenvalue weighted by Gasteiger charge is 2.46. The van der Waals surface area contributed by atoms with E-state index in [0.717, 1.165) is 40.3 Å². The molecule has 0 aliphatic heterocycles. The predicted octanol–water partition coefficient (Wildman–Crippen LogP) is 3.05. The van der Waals surface area contributed by atoms with Crippen molar-refractivity contribution in [3.63, 3.8) is 0 Å². The van der Waals surface area contributed by atoms with E-state index in [1.54, 1.807) is 16.9 Å². The maximum atomic E-state index is 11.2. The van der Waals surface area contributed by atoms with Gasteiger partial charge in [0.1, 0.15) is 18.0 Å². The summed E-state index contributed by atoms with van der Waals surface area (Å²) in [4.78, 5) is 4.41. The zero-order valence-corrected chi connectivity index (χ0v) is 16.3. The average Bonchev–Trinajstić information content (AvgIpc) is 3.28. The molecule has 26 heavy (non-hydrogen) atoms. The Morgan fingerprint density at radius 3 is 2.58 bits per heavy atom. The van der Waals surface area contributed by atoms with E-state index in [9.17, 15) is 8.42 Å². The molecule has 9 heteroatoms. The molecule has 0 unspecified atom stereocenters. The molecular weight excluding hydrogens is 422 g/mol. The van der Waals surface area contributed by atoms with Crippen molar-refractivity contribution in [1.82, 2.24) is 14.6 Å². The summed E-state index contributed by atoms with van der Waals surface area (Å²) in [7, 11) is -3.47. The highest BCUT2D eigenvalue weighted by molar-refractivity contribution is 9.10. The molecule has 1 aromatic carbocycles. The molecule has 1 saturated carbocycles. The van der Waals surface area contributed by atoms with Gasteiger partial charge in [0.05, 0.1) is 16.9 Å². The van der Waals surface area contributed by atoms with E-state index in [-0.39, 0.29) is 6.61 Å². The van der Waals surface area contributed by atoms with Gasteiger partial charge in [0.25, 0.3) is 10.1 Å². The standard InChI is InChI=1S/C17H16BrN3O4S/c1-26(22,23)24-11-17(6-7-17)25-14-4-2-12(3-5-14)13-8-19-16-15(18)9-20-21(16)10-13/h2-5,8-10H,6-7,11H2,1H3. The molecule has 4 rings (SSSR count). The van der Waals surface area contributed by atoms with Gasteiger partial charge in [0.2, 0.25) is 0 Å². The van der Waals surface area contributed by atoms with E-state index >= 15 is 0 Å². The van der Waals surface area contributed by atoms with Crippen LogP contribution in [0, 0.1) is 0 Å². The molecule has 0 N–H and O–H groups in total. The minimum Gasteiger partial charge on any atom is -0.485 e. The lowest BCUT2D eigenvalue weighted by atomic mass is 10.1. The lowest BCUT2D eigenvalue weighted by molar-refractivity contribution is 0.112. The third kappa shape index (κ3) is 3.74. The number of fused-ring (bicyclic) bond motifs is 1. The van der Waals surface area contributed by atoms with E-state index < -0.39 is 15.7 Å². The number of ether oxygens (including phenoxy) is 1. The van der Waals surface area contributed by atoms with Crippen LogP contribution in [0.4, 0.5) is 0 Å². The van der Waals surface area contributed by atoms with Crippen molar-refractivity contribution >= 4 is 31.7 Å². The van der Waals surface area contributed by atoms with Gasteiger partial charge in [0, 0.05) is 18.0 Å². The summed E-state index contributed by atoms with van der Waals surface area (Å²) in [5.74, 6) is 0.680. The molecule has 2 aromatic heterocycles. The Kier molecular flexibility index (Phi) is 4.25. The van der Waals surface area contributed by atoms with Crippen LogP contribution in [0.3, 0.4) is 0 Å². The molecule has 0 atom stereocenters. The Hall–Kier alpha value is -1.97. The zero-order valence-electron chi connectivity index (χ0n) is 13.9. The maximum Gasteiger partial charge on any atom is 0.264 e. The number of aromatic nitrogens is 3. The van der Waals surface area contributed by atoms with Gasteiger partial charge in [-0.25, -0.2) is 9.50 Å². The quantitative estimate of drug-likeness (QED) is 0.551. The molecule has 0 amide bonds. The Morgan fingerprint density at radius 2 is 1.92 bits per heavy atom. The average molecular weight is 438 g/mol. The molecule has 0 spiro atoms. The highest BCUT2D eigenvalue weighted by atomic mass is 79.9. The van der Waals surface area contributed by atoms with Gasteiger partial charge >= 0.3 is 0 Å². The van der Waals surface area contributed by atoms with Crippen molar-refractivity contribution in [3.8, 4) is 16.9 Å². The van der Waals surface area contributed by atoms with E-state index in [0.29, 0.717) is 5.75 Å². The topological polar surface area (TPSA) is 82.8 Å². The van der Waals surface area contributed by atoms with Gasteiger partial charge < -0.3 is 4.74 Å². The van der Waals surface area contributed by atoms with Gasteiger partial charge in [-0.15, -0.1) is 0 Å². The van der Waals surface area contributed by atoms with Crippen LogP contribution < -0.4 is 4.74 Å². The first-order valence-corrected chi connectivity index (χ1v) is 10.6. The van der Waals surface area contributed by atoms with Gasteiger partial charge in [-0.1, -0.05) is 12.1 Å². The monoisotopic (exact) mass is 437 g/mol. The van der Waals surface area contributed by atoms with Crippen LogP contribution in [0.2, 0.25) is 0 Å². The fraction of sp³-hybridized carbons (Fsp3) is 0.294. The van der Waals surface area contributed by atoms with E-state index in [1.165, 1.54) is 0 Å². The summed E-state index contributed by atoms with van der Waals surface area (Å²) in [5.41, 5.74) is 2.14. The van der Waals surface area contributed by atoms with Crippen LogP contribution >= 0.6 is 15.9 Å². The van der Waals surface area contributed by atoms with Gasteiger partial charge in [-0.05, 0) is 46.5 Å². The zero-order chi connectivity index (χ0) is 18.4. The fourth-order valence-electron chi connectivity index (χ4n) is 2.59. The Balaban J connectivity index is 1.49. The second-order valence-corrected chi connectivity index (χ2v) is 8.88. The number of hydrogen-bond acceptors (Lipinski definition) is 6. The smallest absolute Gasteiger partial charge is 0.264 e. The normalized spacial score (nSPS) is 15.9. The molecule has 136 valence electrons. The molecule has 3 aromatic rings. The third-order valence-corrected chi connectivity index (χ3v) is 5.28. The Labute approximate surface area is 159 Å². The first-order chi connectivity index (χ1) is 12.3. The summed E-state index contributed by atoms with van der Waals surface area (Å²) >= 11 is 3.41. The summed E-state index contributed by atoms with van der Waals surface area (Å²) < 4.78 is 35.7. The SMILES string of the molecule is CS(=O)(=O)OCC1(Oc2ccc(-c3cnc4c(Br)cnn4c3)cc2)CC1. The molecule has 0 saturated heterocycles. The molecular formula is C17H16BrN3O4S. The minimum absolute atomic E-state index is 0.0440. The number of rotatable bonds is 6. The predicted molar refractivity (Wildman–Crippen MR) is 99.5 cm³/mol. The Bertz CT molecular complexity index is 1060. The molecule has 0 radical (unpaired) electrons. The first-order valence-electron chi connectivity index (χ1n) is 7.96. The van der Waals surface area contributed by atoms with Crippen LogP contribution in [0.5, 0.6) is 5.75 Å². The molecule has 0 bridgehead atoms. The minimum atomic E-state index is -3.47. The summed E-state index contributed by atoms with van der Waals surface area (Å²) in [6.45, 7) is 0.0440. The molecule has 1 fully saturated rings. The van der Waals surface area contributed by atoms with E-state index in [4.69, 9.17) is 8.92 Å². The number of benzene rings is 1. The lowest BCUT2D eigenvalue weighted by Crippen LogP contribution is -2.26. The summed E-state index contributed by atoms with van der Waals surface area (Å²) in [5, 5.41) is 4.24. The van der Waals surface area contributed by atoms with E-state index in [2.05, 4.69) is 26.0 Å². The van der Waals surface area contributed by atoms with E-state index in [1.807, 2.05) is 30.5 Å². The Morgan fingerprint density at radius 1 is 1.19 bits per heavy atom. The first kappa shape index (κ1) is 17.4. The molecule has 1 aliphatic rings. The van der Waals surface area contributed by atoms with Crippen molar-refractivity contribution in [3.05, 3.63) is 47.3 Å². The molecule has 1 aliphatic carbocycles. The van der Waals surface area contributed by atoms with Gasteiger partial charge in [-0.2, -0.15) is 13.5 Å². The summed E-state index contributed by atoms with van der Waals surface area (Å²) in [6, 6.07) is 7.59. The van der Waals surface area contributed by atoms with Gasteiger partial charge in [-0.3, -0.25) is 4.18 Å². The van der Waals surface area contributed by atoms with Crippen LogP contribution in [0.1, 0.15) is 12.8 Å². The number of nitrogens with zero attached hydrogens (tertiary/aromatic N) is 3.